The standard InChI is InChI=1S/C33H40N8O5S/c1-21(2)28-30-37-29(22-8-5-4-6-9-22)38-41(30)18-17-39(16-7-10-26(42)34-25(15-19-47-3)31(44)36-28)32(45)23-11-13-24(14-12-23)40-20-27(43)35-33(40)46/h4-6,8-9,11-14,21,25,28H,7,10,15-20H2,1-3H3,(H,34,42)(H,36,44)(H,35,43,46)/t25-,28+/m0/s1. The van der Waals surface area contributed by atoms with Crippen molar-refractivity contribution < 1.29 is 24.0 Å². The molecular weight excluding hydrogens is 620 g/mol. The number of anilines is 1. The van der Waals surface area contributed by atoms with Crippen molar-refractivity contribution in [1.29, 1.82) is 0 Å². The van der Waals surface area contributed by atoms with Crippen molar-refractivity contribution in [3.63, 3.8) is 0 Å². The van der Waals surface area contributed by atoms with E-state index in [1.807, 2.05) is 50.4 Å². The minimum atomic E-state index is -0.715. The summed E-state index contributed by atoms with van der Waals surface area (Å²) in [6, 6.07) is 14.4. The van der Waals surface area contributed by atoms with Crippen LogP contribution >= 0.6 is 11.8 Å². The van der Waals surface area contributed by atoms with E-state index < -0.39 is 18.1 Å². The Morgan fingerprint density at radius 1 is 0.957 bits per heavy atom. The molecule has 3 N–H and O–H groups in total. The van der Waals surface area contributed by atoms with Gasteiger partial charge in [0.15, 0.2) is 11.6 Å². The van der Waals surface area contributed by atoms with Crippen LogP contribution in [0, 0.1) is 5.92 Å². The first-order valence-corrected chi connectivity index (χ1v) is 17.1. The summed E-state index contributed by atoms with van der Waals surface area (Å²) in [4.78, 5) is 72.1. The van der Waals surface area contributed by atoms with Gasteiger partial charge in [-0.25, -0.2) is 14.5 Å². The second-order valence-electron chi connectivity index (χ2n) is 11.9. The monoisotopic (exact) mass is 660 g/mol. The summed E-state index contributed by atoms with van der Waals surface area (Å²) in [7, 11) is 0. The maximum atomic E-state index is 13.9. The lowest BCUT2D eigenvalue weighted by Crippen LogP contribution is -2.49. The first kappa shape index (κ1) is 33.6. The largest absolute Gasteiger partial charge is 0.344 e. The third-order valence-electron chi connectivity index (χ3n) is 8.16. The number of nitrogens with zero attached hydrogens (tertiary/aromatic N) is 5. The number of urea groups is 1. The van der Waals surface area contributed by atoms with Crippen molar-refractivity contribution in [3.8, 4) is 11.4 Å². The van der Waals surface area contributed by atoms with Crippen LogP contribution in [0.4, 0.5) is 10.5 Å². The summed E-state index contributed by atoms with van der Waals surface area (Å²) in [6.45, 7) is 4.77. The van der Waals surface area contributed by atoms with Crippen molar-refractivity contribution >= 4 is 47.1 Å². The molecule has 2 aliphatic heterocycles. The molecule has 1 aromatic heterocycles. The Labute approximate surface area is 277 Å². The van der Waals surface area contributed by atoms with Crippen molar-refractivity contribution in [1.82, 2.24) is 35.6 Å². The summed E-state index contributed by atoms with van der Waals surface area (Å²) < 4.78 is 1.76. The molecule has 0 saturated carbocycles. The molecule has 248 valence electrons. The molecule has 1 saturated heterocycles. The number of rotatable bonds is 7. The van der Waals surface area contributed by atoms with Gasteiger partial charge in [0, 0.05) is 36.3 Å². The quantitative estimate of drug-likeness (QED) is 0.327. The summed E-state index contributed by atoms with van der Waals surface area (Å²) in [5.74, 6) is 0.553. The Kier molecular flexibility index (Phi) is 10.9. The maximum absolute atomic E-state index is 13.9. The second-order valence-corrected chi connectivity index (χ2v) is 12.9. The molecule has 0 bridgehead atoms. The Bertz CT molecular complexity index is 1610. The Balaban J connectivity index is 1.46. The van der Waals surface area contributed by atoms with Gasteiger partial charge < -0.3 is 15.5 Å². The van der Waals surface area contributed by atoms with Gasteiger partial charge in [0.05, 0.1) is 12.6 Å². The second kappa shape index (κ2) is 15.2. The Hall–Kier alpha value is -4.72. The molecule has 47 heavy (non-hydrogen) atoms. The molecular formula is C33H40N8O5S. The predicted octanol–water partition coefficient (Wildman–Crippen LogP) is 2.99. The number of hydrogen-bond donors (Lipinski definition) is 3. The molecule has 13 nitrogen and oxygen atoms in total. The number of nitrogens with one attached hydrogen (secondary N) is 3. The lowest BCUT2D eigenvalue weighted by Gasteiger charge is -2.28. The lowest BCUT2D eigenvalue weighted by atomic mass is 10.0. The fraction of sp³-hybridized carbons (Fsp3) is 0.424. The number of hydrogen-bond acceptors (Lipinski definition) is 8. The van der Waals surface area contributed by atoms with Crippen LogP contribution < -0.4 is 20.9 Å². The molecule has 2 aromatic carbocycles. The van der Waals surface area contributed by atoms with E-state index in [2.05, 4.69) is 16.0 Å². The molecule has 2 atom stereocenters. The van der Waals surface area contributed by atoms with E-state index in [4.69, 9.17) is 10.1 Å². The molecule has 3 aromatic rings. The number of imide groups is 1. The third kappa shape index (κ3) is 8.17. The predicted molar refractivity (Wildman–Crippen MR) is 179 cm³/mol. The zero-order chi connectivity index (χ0) is 33.5. The van der Waals surface area contributed by atoms with Crippen LogP contribution in [0.3, 0.4) is 0 Å². The van der Waals surface area contributed by atoms with Gasteiger partial charge in [-0.15, -0.1) is 0 Å². The van der Waals surface area contributed by atoms with Gasteiger partial charge in [-0.1, -0.05) is 44.2 Å². The van der Waals surface area contributed by atoms with E-state index in [-0.39, 0.29) is 49.1 Å². The molecule has 6 amide bonds. The van der Waals surface area contributed by atoms with Crippen molar-refractivity contribution in [2.24, 2.45) is 5.92 Å². The fourth-order valence-electron chi connectivity index (χ4n) is 5.59. The zero-order valence-electron chi connectivity index (χ0n) is 26.8. The first-order chi connectivity index (χ1) is 22.6. The maximum Gasteiger partial charge on any atom is 0.329 e. The number of amides is 6. The van der Waals surface area contributed by atoms with Gasteiger partial charge in [0.1, 0.15) is 12.6 Å². The van der Waals surface area contributed by atoms with Crippen molar-refractivity contribution in [3.05, 3.63) is 66.0 Å². The first-order valence-electron chi connectivity index (χ1n) is 15.7. The summed E-state index contributed by atoms with van der Waals surface area (Å²) in [6.07, 6.45) is 2.96. The average molecular weight is 661 g/mol. The summed E-state index contributed by atoms with van der Waals surface area (Å²) in [5, 5.41) is 13.1. The smallest absolute Gasteiger partial charge is 0.329 e. The van der Waals surface area contributed by atoms with E-state index in [0.717, 1.165) is 5.56 Å². The molecule has 0 radical (unpaired) electrons. The van der Waals surface area contributed by atoms with Crippen LogP contribution in [0.25, 0.3) is 11.4 Å². The van der Waals surface area contributed by atoms with Crippen LogP contribution in [-0.4, -0.2) is 87.0 Å². The lowest BCUT2D eigenvalue weighted by molar-refractivity contribution is -0.129. The minimum absolute atomic E-state index is 0.0560. The Morgan fingerprint density at radius 2 is 1.70 bits per heavy atom. The highest BCUT2D eigenvalue weighted by molar-refractivity contribution is 7.98. The average Bonchev–Trinajstić information content (AvgIpc) is 3.64. The number of carbonyl (C=O) groups is 5. The molecule has 0 spiro atoms. The highest BCUT2D eigenvalue weighted by Crippen LogP contribution is 2.25. The fourth-order valence-corrected chi connectivity index (χ4v) is 6.06. The van der Waals surface area contributed by atoms with Gasteiger partial charge in [0.25, 0.3) is 5.91 Å². The number of thioether (sulfide) groups is 1. The SMILES string of the molecule is CSCC[C@@H]1NC(=O)CCCN(C(=O)c2ccc(N3CC(=O)NC3=O)cc2)CCn2nc(-c3ccccc3)nc2[C@@H](C(C)C)NC1=O. The van der Waals surface area contributed by atoms with Crippen LogP contribution in [0.5, 0.6) is 0 Å². The van der Waals surface area contributed by atoms with Crippen LogP contribution in [0.1, 0.15) is 55.3 Å². The third-order valence-corrected chi connectivity index (χ3v) is 8.80. The topological polar surface area (TPSA) is 159 Å². The van der Waals surface area contributed by atoms with Crippen molar-refractivity contribution in [2.45, 2.75) is 51.7 Å². The number of benzene rings is 2. The highest BCUT2D eigenvalue weighted by Gasteiger charge is 2.31. The number of aromatic nitrogens is 3. The van der Waals surface area contributed by atoms with Gasteiger partial charge in [0.2, 0.25) is 17.7 Å². The van der Waals surface area contributed by atoms with Crippen LogP contribution in [-0.2, 0) is 20.9 Å². The van der Waals surface area contributed by atoms with E-state index in [1.54, 1.807) is 45.6 Å². The zero-order valence-corrected chi connectivity index (χ0v) is 27.6. The molecule has 0 unspecified atom stereocenters. The molecule has 2 aliphatic rings. The number of fused-ring (bicyclic) bond motifs is 1. The molecule has 1 fully saturated rings. The van der Waals surface area contributed by atoms with Gasteiger partial charge in [-0.3, -0.25) is 29.4 Å². The van der Waals surface area contributed by atoms with Gasteiger partial charge >= 0.3 is 6.03 Å². The summed E-state index contributed by atoms with van der Waals surface area (Å²) >= 11 is 1.60. The molecule has 5 rings (SSSR count). The van der Waals surface area contributed by atoms with E-state index in [0.29, 0.717) is 54.6 Å². The molecule has 0 aliphatic carbocycles. The Morgan fingerprint density at radius 3 is 2.36 bits per heavy atom. The van der Waals surface area contributed by atoms with E-state index in [9.17, 15) is 24.0 Å². The van der Waals surface area contributed by atoms with Gasteiger partial charge in [-0.2, -0.15) is 16.9 Å². The highest BCUT2D eigenvalue weighted by atomic mass is 32.2. The van der Waals surface area contributed by atoms with Gasteiger partial charge in [-0.05, 0) is 55.0 Å². The van der Waals surface area contributed by atoms with Crippen molar-refractivity contribution in [2.75, 3.05) is 36.5 Å². The minimum Gasteiger partial charge on any atom is -0.344 e. The molecule has 14 heteroatoms. The van der Waals surface area contributed by atoms with E-state index in [1.165, 1.54) is 4.90 Å². The molecule has 3 heterocycles. The van der Waals surface area contributed by atoms with Crippen LogP contribution in [0.2, 0.25) is 0 Å². The normalized spacial score (nSPS) is 19.6. The number of carbonyl (C=O) groups excluding carboxylic acids is 5. The van der Waals surface area contributed by atoms with E-state index >= 15 is 0 Å². The summed E-state index contributed by atoms with van der Waals surface area (Å²) in [5.41, 5.74) is 1.73. The van der Waals surface area contributed by atoms with Crippen LogP contribution in [0.15, 0.2) is 54.6 Å².